The van der Waals surface area contributed by atoms with Gasteiger partial charge in [-0.25, -0.2) is 0 Å². The Bertz CT molecular complexity index is 379. The first-order valence-electron chi connectivity index (χ1n) is 7.03. The number of nitrogens with zero attached hydrogens (tertiary/aromatic N) is 1. The predicted molar refractivity (Wildman–Crippen MR) is 78.7 cm³/mol. The SMILES string of the molecule is CC(C)(C)C1Cc2ccccc2CN1C(C)(C)C. The van der Waals surface area contributed by atoms with E-state index in [-0.39, 0.29) is 5.54 Å². The Morgan fingerprint density at radius 3 is 2.00 bits per heavy atom. The molecule has 100 valence electrons. The summed E-state index contributed by atoms with van der Waals surface area (Å²) in [5.74, 6) is 0. The molecule has 18 heavy (non-hydrogen) atoms. The Balaban J connectivity index is 2.40. The van der Waals surface area contributed by atoms with Crippen LogP contribution in [0.1, 0.15) is 52.7 Å². The van der Waals surface area contributed by atoms with Gasteiger partial charge < -0.3 is 0 Å². The van der Waals surface area contributed by atoms with Crippen LogP contribution in [0.2, 0.25) is 0 Å². The Hall–Kier alpha value is -0.820. The molecule has 0 aromatic heterocycles. The van der Waals surface area contributed by atoms with Gasteiger partial charge in [0.15, 0.2) is 0 Å². The van der Waals surface area contributed by atoms with Crippen molar-refractivity contribution in [3.05, 3.63) is 35.4 Å². The molecular formula is C17H27N. The zero-order valence-electron chi connectivity index (χ0n) is 12.7. The Kier molecular flexibility index (Phi) is 3.31. The van der Waals surface area contributed by atoms with Gasteiger partial charge in [-0.15, -0.1) is 0 Å². The van der Waals surface area contributed by atoms with E-state index in [0.29, 0.717) is 11.5 Å². The van der Waals surface area contributed by atoms with Crippen molar-refractivity contribution in [3.8, 4) is 0 Å². The summed E-state index contributed by atoms with van der Waals surface area (Å²) in [4.78, 5) is 2.68. The van der Waals surface area contributed by atoms with Crippen LogP contribution in [0.15, 0.2) is 24.3 Å². The fourth-order valence-electron chi connectivity index (χ4n) is 3.00. The van der Waals surface area contributed by atoms with Crippen LogP contribution < -0.4 is 0 Å². The molecule has 1 heterocycles. The van der Waals surface area contributed by atoms with Gasteiger partial charge in [0.1, 0.15) is 0 Å². The number of benzene rings is 1. The monoisotopic (exact) mass is 245 g/mol. The van der Waals surface area contributed by atoms with E-state index in [0.717, 1.165) is 6.54 Å². The zero-order valence-corrected chi connectivity index (χ0v) is 12.7. The highest BCUT2D eigenvalue weighted by Crippen LogP contribution is 2.37. The summed E-state index contributed by atoms with van der Waals surface area (Å²) in [5, 5.41) is 0. The van der Waals surface area contributed by atoms with Crippen LogP contribution in [0, 0.1) is 5.41 Å². The number of hydrogen-bond donors (Lipinski definition) is 0. The highest BCUT2D eigenvalue weighted by molar-refractivity contribution is 5.31. The van der Waals surface area contributed by atoms with Gasteiger partial charge in [-0.1, -0.05) is 45.0 Å². The van der Waals surface area contributed by atoms with E-state index in [1.54, 1.807) is 0 Å². The molecule has 1 heteroatoms. The van der Waals surface area contributed by atoms with Gasteiger partial charge in [0.05, 0.1) is 0 Å². The maximum absolute atomic E-state index is 2.68. The lowest BCUT2D eigenvalue weighted by molar-refractivity contribution is 0.00615. The highest BCUT2D eigenvalue weighted by Gasteiger charge is 2.39. The fraction of sp³-hybridized carbons (Fsp3) is 0.647. The molecule has 1 aromatic rings. The second-order valence-electron chi connectivity index (χ2n) is 7.65. The van der Waals surface area contributed by atoms with Crippen LogP contribution in [0.4, 0.5) is 0 Å². The Labute approximate surface area is 112 Å². The molecule has 0 saturated heterocycles. The van der Waals surface area contributed by atoms with E-state index in [1.807, 2.05) is 0 Å². The van der Waals surface area contributed by atoms with E-state index in [4.69, 9.17) is 0 Å². The predicted octanol–water partition coefficient (Wildman–Crippen LogP) is 4.26. The molecule has 0 fully saturated rings. The van der Waals surface area contributed by atoms with Crippen molar-refractivity contribution in [2.24, 2.45) is 5.41 Å². The van der Waals surface area contributed by atoms with Crippen molar-refractivity contribution < 1.29 is 0 Å². The molecule has 1 aliphatic rings. The first kappa shape index (κ1) is 13.6. The summed E-state index contributed by atoms with van der Waals surface area (Å²) in [5.41, 5.74) is 3.59. The summed E-state index contributed by atoms with van der Waals surface area (Å²) in [6.45, 7) is 15.2. The third-order valence-corrected chi connectivity index (χ3v) is 4.11. The largest absolute Gasteiger partial charge is 0.290 e. The van der Waals surface area contributed by atoms with Crippen LogP contribution in [0.25, 0.3) is 0 Å². The molecule has 1 atom stereocenters. The lowest BCUT2D eigenvalue weighted by Crippen LogP contribution is -2.55. The van der Waals surface area contributed by atoms with Gasteiger partial charge in [0.25, 0.3) is 0 Å². The maximum atomic E-state index is 2.68. The summed E-state index contributed by atoms with van der Waals surface area (Å²) >= 11 is 0. The van der Waals surface area contributed by atoms with E-state index >= 15 is 0 Å². The summed E-state index contributed by atoms with van der Waals surface area (Å²) < 4.78 is 0. The van der Waals surface area contributed by atoms with Gasteiger partial charge in [-0.2, -0.15) is 0 Å². The second kappa shape index (κ2) is 4.38. The molecule has 1 unspecified atom stereocenters. The number of fused-ring (bicyclic) bond motifs is 1. The Morgan fingerprint density at radius 2 is 1.50 bits per heavy atom. The van der Waals surface area contributed by atoms with Crippen molar-refractivity contribution in [1.82, 2.24) is 4.90 Å². The van der Waals surface area contributed by atoms with Gasteiger partial charge in [-0.3, -0.25) is 4.90 Å². The van der Waals surface area contributed by atoms with Crippen LogP contribution in [-0.2, 0) is 13.0 Å². The lowest BCUT2D eigenvalue weighted by Gasteiger charge is -2.50. The molecule has 0 aliphatic carbocycles. The minimum Gasteiger partial charge on any atom is -0.290 e. The summed E-state index contributed by atoms with van der Waals surface area (Å²) in [6.07, 6.45) is 1.18. The smallest absolute Gasteiger partial charge is 0.0244 e. The summed E-state index contributed by atoms with van der Waals surface area (Å²) in [6, 6.07) is 9.54. The quantitative estimate of drug-likeness (QED) is 0.660. The standard InChI is InChI=1S/C17H27N/c1-16(2,3)15-11-13-9-7-8-10-14(13)12-18(15)17(4,5)6/h7-10,15H,11-12H2,1-6H3. The molecule has 1 aromatic carbocycles. The minimum absolute atomic E-state index is 0.228. The average Bonchev–Trinajstić information content (AvgIpc) is 2.25. The molecule has 2 rings (SSSR count). The van der Waals surface area contributed by atoms with E-state index in [9.17, 15) is 0 Å². The van der Waals surface area contributed by atoms with Crippen LogP contribution in [0.5, 0.6) is 0 Å². The number of hydrogen-bond acceptors (Lipinski definition) is 1. The van der Waals surface area contributed by atoms with Gasteiger partial charge in [0.2, 0.25) is 0 Å². The molecular weight excluding hydrogens is 218 g/mol. The lowest BCUT2D eigenvalue weighted by atomic mass is 9.77. The average molecular weight is 245 g/mol. The minimum atomic E-state index is 0.228. The van der Waals surface area contributed by atoms with Crippen LogP contribution in [0.3, 0.4) is 0 Å². The molecule has 0 bridgehead atoms. The number of rotatable bonds is 0. The fourth-order valence-corrected chi connectivity index (χ4v) is 3.00. The van der Waals surface area contributed by atoms with Crippen molar-refractivity contribution in [1.29, 1.82) is 0 Å². The molecule has 0 radical (unpaired) electrons. The maximum Gasteiger partial charge on any atom is 0.0244 e. The van der Waals surface area contributed by atoms with Gasteiger partial charge in [-0.05, 0) is 43.7 Å². The van der Waals surface area contributed by atoms with Gasteiger partial charge in [0, 0.05) is 18.1 Å². The topological polar surface area (TPSA) is 3.24 Å². The Morgan fingerprint density at radius 1 is 0.944 bits per heavy atom. The third-order valence-electron chi connectivity index (χ3n) is 4.11. The molecule has 1 aliphatic heterocycles. The van der Waals surface area contributed by atoms with Crippen LogP contribution in [-0.4, -0.2) is 16.5 Å². The van der Waals surface area contributed by atoms with Crippen molar-refractivity contribution >= 4 is 0 Å². The first-order chi connectivity index (χ1) is 8.19. The molecule has 0 amide bonds. The van der Waals surface area contributed by atoms with E-state index in [2.05, 4.69) is 70.7 Å². The normalized spacial score (nSPS) is 21.8. The van der Waals surface area contributed by atoms with Crippen LogP contribution >= 0.6 is 0 Å². The molecule has 0 saturated carbocycles. The van der Waals surface area contributed by atoms with Crippen molar-refractivity contribution in [2.45, 2.75) is 66.1 Å². The molecule has 0 N–H and O–H groups in total. The summed E-state index contributed by atoms with van der Waals surface area (Å²) in [7, 11) is 0. The van der Waals surface area contributed by atoms with Gasteiger partial charge >= 0.3 is 0 Å². The zero-order chi connectivity index (χ0) is 13.6. The highest BCUT2D eigenvalue weighted by atomic mass is 15.2. The second-order valence-corrected chi connectivity index (χ2v) is 7.65. The molecule has 1 nitrogen and oxygen atoms in total. The van der Waals surface area contributed by atoms with Crippen molar-refractivity contribution in [3.63, 3.8) is 0 Å². The van der Waals surface area contributed by atoms with E-state index in [1.165, 1.54) is 17.5 Å². The van der Waals surface area contributed by atoms with E-state index < -0.39 is 0 Å². The molecule has 0 spiro atoms. The van der Waals surface area contributed by atoms with Crippen molar-refractivity contribution in [2.75, 3.05) is 0 Å². The third kappa shape index (κ3) is 2.61. The first-order valence-corrected chi connectivity index (χ1v) is 7.03.